The van der Waals surface area contributed by atoms with Crippen LogP contribution in [-0.4, -0.2) is 39.2 Å². The highest BCUT2D eigenvalue weighted by Crippen LogP contribution is 2.25. The van der Waals surface area contributed by atoms with Gasteiger partial charge in [0.1, 0.15) is 5.69 Å². The van der Waals surface area contributed by atoms with Crippen LogP contribution in [0.1, 0.15) is 5.56 Å². The van der Waals surface area contributed by atoms with E-state index in [2.05, 4.69) is 32.1 Å². The second-order valence-corrected chi connectivity index (χ2v) is 7.19. The first-order valence-electron chi connectivity index (χ1n) is 9.15. The Bertz CT molecular complexity index is 1190. The molecule has 0 radical (unpaired) electrons. The molecule has 0 aliphatic carbocycles. The van der Waals surface area contributed by atoms with Crippen molar-refractivity contribution in [2.45, 2.75) is 0 Å². The molecule has 1 N–H and O–H groups in total. The lowest BCUT2D eigenvalue weighted by Crippen LogP contribution is -2.08. The number of halogens is 1. The molecule has 150 valence electrons. The third-order valence-corrected chi connectivity index (χ3v) is 4.64. The van der Waals surface area contributed by atoms with Crippen LogP contribution in [0.15, 0.2) is 71.9 Å². The van der Waals surface area contributed by atoms with Crippen molar-refractivity contribution in [1.82, 2.24) is 25.1 Å². The maximum atomic E-state index is 6.00. The summed E-state index contributed by atoms with van der Waals surface area (Å²) in [5.74, 6) is 0.270. The fraction of sp³-hybridized carbons (Fsp3) is 0.0909. The fourth-order valence-corrected chi connectivity index (χ4v) is 2.96. The van der Waals surface area contributed by atoms with Gasteiger partial charge in [-0.2, -0.15) is 0 Å². The number of nitrogens with one attached hydrogen (secondary N) is 1. The molecule has 2 aromatic carbocycles. The van der Waals surface area contributed by atoms with Crippen molar-refractivity contribution in [3.63, 3.8) is 0 Å². The Morgan fingerprint density at radius 3 is 2.53 bits per heavy atom. The average Bonchev–Trinajstić information content (AvgIpc) is 3.22. The first-order valence-corrected chi connectivity index (χ1v) is 9.53. The van der Waals surface area contributed by atoms with Gasteiger partial charge in [-0.05, 0) is 23.8 Å². The van der Waals surface area contributed by atoms with E-state index in [1.54, 1.807) is 24.5 Å². The predicted molar refractivity (Wildman–Crippen MR) is 118 cm³/mol. The molecule has 2 aromatic heterocycles. The molecule has 4 aromatic rings. The number of hydrogen-bond donors (Lipinski definition) is 1. The Morgan fingerprint density at radius 2 is 1.80 bits per heavy atom. The zero-order valence-corrected chi connectivity index (χ0v) is 17.3. The summed E-state index contributed by atoms with van der Waals surface area (Å²) in [5, 5.41) is 11.7. The van der Waals surface area contributed by atoms with Crippen molar-refractivity contribution in [3.8, 4) is 22.8 Å². The van der Waals surface area contributed by atoms with E-state index in [0.717, 1.165) is 22.5 Å². The minimum atomic E-state index is 0.242. The predicted octanol–water partition coefficient (Wildman–Crippen LogP) is 5.12. The largest absolute Gasteiger partial charge is 0.401 e. The molecule has 0 atom stereocenters. The van der Waals surface area contributed by atoms with Crippen LogP contribution >= 0.6 is 11.6 Å². The van der Waals surface area contributed by atoms with Gasteiger partial charge < -0.3 is 14.6 Å². The summed E-state index contributed by atoms with van der Waals surface area (Å²) in [5.41, 5.74) is 4.85. The van der Waals surface area contributed by atoms with Crippen molar-refractivity contribution < 1.29 is 4.42 Å². The third kappa shape index (κ3) is 4.31. The van der Waals surface area contributed by atoms with E-state index >= 15 is 0 Å². The van der Waals surface area contributed by atoms with E-state index in [0.29, 0.717) is 16.4 Å². The molecule has 0 aliphatic rings. The minimum Gasteiger partial charge on any atom is -0.401 e. The summed E-state index contributed by atoms with van der Waals surface area (Å²) in [4.78, 5) is 10.9. The van der Waals surface area contributed by atoms with Gasteiger partial charge in [0.2, 0.25) is 0 Å². The summed E-state index contributed by atoms with van der Waals surface area (Å²) in [7, 11) is 3.93. The Kier molecular flexibility index (Phi) is 5.45. The minimum absolute atomic E-state index is 0.242. The number of anilines is 2. The normalized spacial score (nSPS) is 10.6. The SMILES string of the molecule is C=C(c1ccc(-c2cncc(-c3nnc(Nc4cccc(Cl)c4)o3)n2)cc1)N(C)C. The molecule has 4 rings (SSSR count). The monoisotopic (exact) mass is 418 g/mol. The van der Waals surface area contributed by atoms with Crippen LogP contribution in [0, 0.1) is 0 Å². The highest BCUT2D eigenvalue weighted by Gasteiger charge is 2.12. The lowest BCUT2D eigenvalue weighted by Gasteiger charge is -2.15. The highest BCUT2D eigenvalue weighted by molar-refractivity contribution is 6.30. The topological polar surface area (TPSA) is 80.0 Å². The highest BCUT2D eigenvalue weighted by atomic mass is 35.5. The zero-order valence-electron chi connectivity index (χ0n) is 16.5. The van der Waals surface area contributed by atoms with E-state index < -0.39 is 0 Å². The second kappa shape index (κ2) is 8.34. The van der Waals surface area contributed by atoms with Crippen LogP contribution < -0.4 is 5.32 Å². The molecule has 0 unspecified atom stereocenters. The maximum Gasteiger partial charge on any atom is 0.320 e. The molecule has 0 saturated carbocycles. The first-order chi connectivity index (χ1) is 14.5. The Morgan fingerprint density at radius 1 is 1.03 bits per heavy atom. The summed E-state index contributed by atoms with van der Waals surface area (Å²) >= 11 is 6.00. The number of rotatable bonds is 6. The van der Waals surface area contributed by atoms with Gasteiger partial charge >= 0.3 is 6.01 Å². The van der Waals surface area contributed by atoms with Crippen molar-refractivity contribution in [2.75, 3.05) is 19.4 Å². The molecule has 2 heterocycles. The molecule has 0 bridgehead atoms. The number of hydrogen-bond acceptors (Lipinski definition) is 7. The van der Waals surface area contributed by atoms with Crippen molar-refractivity contribution in [1.29, 1.82) is 0 Å². The van der Waals surface area contributed by atoms with Crippen LogP contribution in [0.2, 0.25) is 5.02 Å². The average molecular weight is 419 g/mol. The fourth-order valence-electron chi connectivity index (χ4n) is 2.77. The molecule has 0 aliphatic heterocycles. The van der Waals surface area contributed by atoms with E-state index in [-0.39, 0.29) is 11.9 Å². The number of nitrogens with zero attached hydrogens (tertiary/aromatic N) is 5. The molecular weight excluding hydrogens is 400 g/mol. The molecule has 30 heavy (non-hydrogen) atoms. The first kappa shape index (κ1) is 19.6. The van der Waals surface area contributed by atoms with Gasteiger partial charge in [0, 0.05) is 36.1 Å². The number of benzene rings is 2. The Labute approximate surface area is 179 Å². The Balaban J connectivity index is 1.55. The smallest absolute Gasteiger partial charge is 0.320 e. The Hall–Kier alpha value is -3.71. The molecule has 0 spiro atoms. The van der Waals surface area contributed by atoms with Crippen LogP contribution in [0.5, 0.6) is 0 Å². The molecule has 0 amide bonds. The van der Waals surface area contributed by atoms with Gasteiger partial charge in [-0.15, -0.1) is 5.10 Å². The number of aromatic nitrogens is 4. The lowest BCUT2D eigenvalue weighted by molar-refractivity contribution is 0.585. The van der Waals surface area contributed by atoms with E-state index in [9.17, 15) is 0 Å². The maximum absolute atomic E-state index is 6.00. The summed E-state index contributed by atoms with van der Waals surface area (Å²) in [6.07, 6.45) is 3.28. The summed E-state index contributed by atoms with van der Waals surface area (Å²) < 4.78 is 5.69. The van der Waals surface area contributed by atoms with E-state index in [4.69, 9.17) is 16.0 Å². The summed E-state index contributed by atoms with van der Waals surface area (Å²) in [6, 6.07) is 15.5. The quantitative estimate of drug-likeness (QED) is 0.465. The zero-order chi connectivity index (χ0) is 21.1. The molecule has 8 heteroatoms. The van der Waals surface area contributed by atoms with Gasteiger partial charge in [0.25, 0.3) is 5.89 Å². The van der Waals surface area contributed by atoms with E-state index in [1.165, 1.54) is 0 Å². The standard InChI is InChI=1S/C22H19ClN6O/c1-14(29(2)3)15-7-9-16(10-8-15)19-12-24-13-20(26-19)21-27-28-22(30-21)25-18-6-4-5-17(23)11-18/h4-13H,1H2,2-3H3,(H,25,28). The van der Waals surface area contributed by atoms with Crippen LogP contribution in [0.3, 0.4) is 0 Å². The summed E-state index contributed by atoms with van der Waals surface area (Å²) in [6.45, 7) is 4.07. The van der Waals surface area contributed by atoms with E-state index in [1.807, 2.05) is 55.4 Å². The van der Waals surface area contributed by atoms with Gasteiger partial charge in [-0.1, -0.05) is 53.6 Å². The van der Waals surface area contributed by atoms with Crippen molar-refractivity contribution in [3.05, 3.63) is 78.1 Å². The molecular formula is C22H19ClN6O. The van der Waals surface area contributed by atoms with Crippen LogP contribution in [0.4, 0.5) is 11.7 Å². The van der Waals surface area contributed by atoms with Gasteiger partial charge in [0.05, 0.1) is 18.1 Å². The molecule has 0 fully saturated rings. The van der Waals surface area contributed by atoms with Gasteiger partial charge in [-0.25, -0.2) is 4.98 Å². The van der Waals surface area contributed by atoms with Gasteiger partial charge in [-0.3, -0.25) is 4.98 Å². The lowest BCUT2D eigenvalue weighted by atomic mass is 10.1. The van der Waals surface area contributed by atoms with Crippen molar-refractivity contribution >= 4 is 29.0 Å². The molecule has 0 saturated heterocycles. The third-order valence-electron chi connectivity index (χ3n) is 4.41. The van der Waals surface area contributed by atoms with Gasteiger partial charge in [0.15, 0.2) is 0 Å². The van der Waals surface area contributed by atoms with Crippen LogP contribution in [0.25, 0.3) is 28.5 Å². The van der Waals surface area contributed by atoms with Crippen LogP contribution in [-0.2, 0) is 0 Å². The second-order valence-electron chi connectivity index (χ2n) is 6.76. The molecule has 7 nitrogen and oxygen atoms in total. The van der Waals surface area contributed by atoms with Crippen molar-refractivity contribution in [2.24, 2.45) is 0 Å².